The van der Waals surface area contributed by atoms with Gasteiger partial charge < -0.3 is 0 Å². The van der Waals surface area contributed by atoms with Crippen molar-refractivity contribution in [3.63, 3.8) is 0 Å². The van der Waals surface area contributed by atoms with Gasteiger partial charge in [0.25, 0.3) is 0 Å². The van der Waals surface area contributed by atoms with E-state index in [9.17, 15) is 0 Å². The van der Waals surface area contributed by atoms with Crippen LogP contribution in [-0.4, -0.2) is 0 Å². The molecule has 0 amide bonds. The van der Waals surface area contributed by atoms with E-state index in [-0.39, 0.29) is 21.7 Å². The molecule has 0 saturated carbocycles. The molecular formula is C150H244. The normalized spacial score (nSPS) is 9.93. The van der Waals surface area contributed by atoms with Gasteiger partial charge in [0.1, 0.15) is 0 Å². The fraction of sp³-hybridized carbons (Fsp3) is 0.480. The maximum Gasteiger partial charge on any atom is -0.0105 e. The highest BCUT2D eigenvalue weighted by molar-refractivity contribution is 5.83. The summed E-state index contributed by atoms with van der Waals surface area (Å²) in [6.45, 7) is 132. The number of rotatable bonds is 8. The van der Waals surface area contributed by atoms with Crippen LogP contribution in [0.2, 0.25) is 0 Å². The molecule has 844 valence electrons. The average Bonchev–Trinajstić information content (AvgIpc) is 0.816. The van der Waals surface area contributed by atoms with Crippen LogP contribution in [0.3, 0.4) is 0 Å². The lowest BCUT2D eigenvalue weighted by molar-refractivity contribution is 0.469. The maximum absolute atomic E-state index is 2.31. The molecule has 0 nitrogen and oxygen atoms in total. The molecule has 0 aliphatic rings. The summed E-state index contributed by atoms with van der Waals surface area (Å²) in [6.07, 6.45) is 0. The highest BCUT2D eigenvalue weighted by Gasteiger charge is 2.18. The van der Waals surface area contributed by atoms with E-state index in [0.717, 1.165) is 0 Å². The molecule has 13 rings (SSSR count). The zero-order chi connectivity index (χ0) is 120. The Morgan fingerprint density at radius 3 is 0.373 bits per heavy atom. The summed E-state index contributed by atoms with van der Waals surface area (Å²) in [5, 5.41) is 0. The molecule has 0 heterocycles. The molecule has 0 bridgehead atoms. The summed E-state index contributed by atoms with van der Waals surface area (Å²) >= 11 is 0. The molecule has 0 aliphatic heterocycles. The van der Waals surface area contributed by atoms with Crippen LogP contribution < -0.4 is 0 Å². The number of hydrogen-bond acceptors (Lipinski definition) is 0. The third-order valence-corrected chi connectivity index (χ3v) is 16.9. The van der Waals surface area contributed by atoms with E-state index >= 15 is 0 Å². The summed E-state index contributed by atoms with van der Waals surface area (Å²) in [7, 11) is 0. The van der Waals surface area contributed by atoms with Crippen molar-refractivity contribution in [3.8, 4) is 89.0 Å². The minimum absolute atomic E-state index is 0.196. The van der Waals surface area contributed by atoms with Crippen LogP contribution in [0.5, 0.6) is 0 Å². The molecule has 0 heteroatoms. The Hall–Kier alpha value is -10.1. The summed E-state index contributed by atoms with van der Waals surface area (Å²) in [5.74, 6) is 0. The third kappa shape index (κ3) is 95.0. The molecular weight excluding hydrogens is 1800 g/mol. The maximum atomic E-state index is 2.31. The Labute approximate surface area is 940 Å². The van der Waals surface area contributed by atoms with Gasteiger partial charge in [-0.25, -0.2) is 0 Å². The molecule has 13 aromatic carbocycles. The minimum Gasteiger partial charge on any atom is -0.0683 e. The van der Waals surface area contributed by atoms with Gasteiger partial charge in [-0.1, -0.05) is 775 Å². The van der Waals surface area contributed by atoms with Gasteiger partial charge in [-0.2, -0.15) is 0 Å². The SMILES string of the molecule is CC.CC.CC.CC.CC.CC.CC.CC.CC.CC.CC.CC.CC.CC(C)(C)C.CC(C)(C)C.CC(C)(C)C.CC(C)(C)C.CC(C)(C)C.CC(C)(C)C.CC(C)(C)c1ccc(-c2ccc(C(C)(C)C)cc2)cc1.CC(C)(C)c1ccc(-c2cccc(C(C)(C)C)c2)cc1.c1ccc(-c2ccc(-c3ccccc3)cc2)cc1.c1ccc(-c2cccc(-c3ccccc3)c2)cc1.c1ccc(-c2ccccc2-c2ccccc2)cc1. The Balaban J connectivity index is -0.000000159. The first-order valence-electron chi connectivity index (χ1n) is 58.2. The van der Waals surface area contributed by atoms with Crippen molar-refractivity contribution in [2.24, 2.45) is 32.5 Å². The van der Waals surface area contributed by atoms with Crippen LogP contribution in [0.1, 0.15) is 452 Å². The monoisotopic (exact) mass is 2050 g/mol. The van der Waals surface area contributed by atoms with Gasteiger partial charge in [0.2, 0.25) is 0 Å². The van der Waals surface area contributed by atoms with Crippen LogP contribution in [0.15, 0.2) is 352 Å². The molecule has 0 spiro atoms. The number of benzene rings is 13. The average molecular weight is 2050 g/mol. The molecule has 0 aliphatic carbocycles. The van der Waals surface area contributed by atoms with E-state index in [4.69, 9.17) is 0 Å². The largest absolute Gasteiger partial charge is 0.0683 e. The number of hydrogen-bond donors (Lipinski definition) is 0. The molecule has 0 atom stereocenters. The van der Waals surface area contributed by atoms with Gasteiger partial charge in [0.15, 0.2) is 0 Å². The summed E-state index contributed by atoms with van der Waals surface area (Å²) < 4.78 is 0. The van der Waals surface area contributed by atoms with E-state index in [0.29, 0.717) is 32.5 Å². The van der Waals surface area contributed by atoms with Crippen LogP contribution in [0.25, 0.3) is 89.0 Å². The Morgan fingerprint density at radius 1 is 0.0933 bits per heavy atom. The van der Waals surface area contributed by atoms with E-state index in [1.165, 1.54) is 111 Å². The predicted octanol–water partition coefficient (Wildman–Crippen LogP) is 52.6. The highest BCUT2D eigenvalue weighted by atomic mass is 14.2. The molecule has 0 N–H and O–H groups in total. The topological polar surface area (TPSA) is 0 Å². The van der Waals surface area contributed by atoms with Crippen LogP contribution in [0, 0.1) is 32.5 Å². The van der Waals surface area contributed by atoms with Crippen LogP contribution >= 0.6 is 0 Å². The van der Waals surface area contributed by atoms with Crippen molar-refractivity contribution < 1.29 is 0 Å². The van der Waals surface area contributed by atoms with Crippen LogP contribution in [0.4, 0.5) is 0 Å². The highest BCUT2D eigenvalue weighted by Crippen LogP contribution is 2.36. The van der Waals surface area contributed by atoms with E-state index < -0.39 is 0 Å². The standard InChI is InChI=1S/2C20H26.3C18H14.6C5H12.13C2H6/c1-19(2,3)17-11-7-15(8-12-17)16-9-13-18(14-10-16)20(4,5)6;1-19(2,3)17-12-10-15(11-13-17)16-8-7-9-18(14-16)20(4,5)6;1-3-9-15(10-4-1)17-13-7-8-14-18(17)16-11-5-2-6-12-16;1-3-8-15(9-4-1)17-12-7-13-18(14-17)16-10-5-2-6-11-16;1-3-7-15(8-4-1)17-11-13-18(14-12-17)16-9-5-2-6-10-16;6*1-5(2,3)4;13*1-2/h2*7-14H,1-6H3;3*1-14H;6*1-4H3;13*1-2H3. The Bertz CT molecular complexity index is 4610. The zero-order valence-electron chi connectivity index (χ0n) is 110. The molecule has 150 heavy (non-hydrogen) atoms. The zero-order valence-corrected chi connectivity index (χ0v) is 110. The summed E-state index contributed by atoms with van der Waals surface area (Å²) in [6, 6.07) is 125. The van der Waals surface area contributed by atoms with E-state index in [1.54, 1.807) is 0 Å². The van der Waals surface area contributed by atoms with Crippen molar-refractivity contribution in [1.82, 2.24) is 0 Å². The fourth-order valence-electron chi connectivity index (χ4n) is 11.1. The second kappa shape index (κ2) is 93.7. The van der Waals surface area contributed by atoms with Gasteiger partial charge in [-0.3, -0.25) is 0 Å². The second-order valence-corrected chi connectivity index (χ2v) is 46.2. The van der Waals surface area contributed by atoms with Gasteiger partial charge in [-0.05, 0) is 171 Å². The second-order valence-electron chi connectivity index (χ2n) is 46.2. The van der Waals surface area contributed by atoms with Gasteiger partial charge >= 0.3 is 0 Å². The molecule has 0 radical (unpaired) electrons. The molecule has 0 fully saturated rings. The fourth-order valence-corrected chi connectivity index (χ4v) is 11.1. The Kier molecular flexibility index (Phi) is 101. The van der Waals surface area contributed by atoms with Crippen molar-refractivity contribution in [2.75, 3.05) is 0 Å². The van der Waals surface area contributed by atoms with Gasteiger partial charge in [0, 0.05) is 0 Å². The van der Waals surface area contributed by atoms with E-state index in [2.05, 4.69) is 577 Å². The predicted molar refractivity (Wildman–Crippen MR) is 709 cm³/mol. The lowest BCUT2D eigenvalue weighted by atomic mass is 9.84. The first-order chi connectivity index (χ1) is 70.2. The molecule has 0 saturated heterocycles. The van der Waals surface area contributed by atoms with Gasteiger partial charge in [-0.15, -0.1) is 0 Å². The van der Waals surface area contributed by atoms with Crippen molar-refractivity contribution in [3.05, 3.63) is 374 Å². The van der Waals surface area contributed by atoms with Crippen molar-refractivity contribution >= 4 is 0 Å². The lowest BCUT2D eigenvalue weighted by Crippen LogP contribution is -2.11. The molecule has 0 unspecified atom stereocenters. The smallest absolute Gasteiger partial charge is 0.0105 e. The quantitative estimate of drug-likeness (QED) is 0.142. The first kappa shape index (κ1) is 162. The minimum atomic E-state index is 0.196. The lowest BCUT2D eigenvalue weighted by Gasteiger charge is -2.21. The third-order valence-electron chi connectivity index (χ3n) is 16.9. The van der Waals surface area contributed by atoms with Crippen molar-refractivity contribution in [2.45, 2.75) is 451 Å². The first-order valence-corrected chi connectivity index (χ1v) is 58.2. The van der Waals surface area contributed by atoms with Gasteiger partial charge in [0.05, 0.1) is 0 Å². The van der Waals surface area contributed by atoms with E-state index in [1.807, 2.05) is 204 Å². The Morgan fingerprint density at radius 2 is 0.207 bits per heavy atom. The molecule has 0 aromatic heterocycles. The summed E-state index contributed by atoms with van der Waals surface area (Å²) in [4.78, 5) is 0. The molecule has 13 aromatic rings. The summed E-state index contributed by atoms with van der Waals surface area (Å²) in [5.41, 5.74) is 29.7. The van der Waals surface area contributed by atoms with Crippen molar-refractivity contribution in [1.29, 1.82) is 0 Å². The van der Waals surface area contributed by atoms with Crippen LogP contribution in [-0.2, 0) is 21.7 Å².